The van der Waals surface area contributed by atoms with E-state index in [2.05, 4.69) is 21.7 Å². The molecule has 7 amide bonds. The van der Waals surface area contributed by atoms with Crippen LogP contribution in [0.5, 0.6) is 0 Å². The van der Waals surface area contributed by atoms with Gasteiger partial charge in [-0.25, -0.2) is 9.55 Å². The number of primary amides is 6. The standard InChI is InChI=1S/C63H89N12O14P/c1-30-20-42-43(21-31(30)2)75(29-71-42)58-53(84)54(44(28-76)87-58)89-90(85,86)88-32(3)27-70-51(83)18-19-60(8)40(24-48(67)80)57-63(11)62(10,26-50(69)82)39(14-17-47(66)79)52(74-63)34(5)56-61(9,25-49(68)81)38(13-16-46(65)78)41(72-56)23-35-22-36(33(4)55(60)73-57)37(59(35,6)7)12-15-45(64)77/h20-21,23,29,32,37-40,44,53-54,57-58,76,84H,12-19,24-28H2,1-11H3,(H14-,64,65,66,67,68,69,70,72,73,74,77,78,79,80,81,82,83,85,86)/p+1. The second kappa shape index (κ2) is 25.6. The Hall–Kier alpha value is -7.02. The van der Waals surface area contributed by atoms with Gasteiger partial charge in [0.2, 0.25) is 41.4 Å². The number of aromatic nitrogens is 2. The van der Waals surface area contributed by atoms with Gasteiger partial charge in [-0.05, 0) is 89.1 Å². The molecule has 6 aliphatic rings. The van der Waals surface area contributed by atoms with Crippen LogP contribution in [0.2, 0.25) is 0 Å². The third-order valence-corrected chi connectivity index (χ3v) is 21.8. The van der Waals surface area contributed by atoms with Gasteiger partial charge in [0, 0.05) is 121 Å². The molecule has 15 unspecified atom stereocenters. The maximum absolute atomic E-state index is 14.4. The highest BCUT2D eigenvalue weighted by Gasteiger charge is 2.67. The molecule has 5 aliphatic heterocycles. The van der Waals surface area contributed by atoms with E-state index in [9.17, 15) is 53.2 Å². The molecule has 8 bridgehead atoms. The number of hydrogen-bond acceptors (Lipinski definition) is 17. The number of fused-ring (bicyclic) bond motifs is 7. The van der Waals surface area contributed by atoms with Crippen molar-refractivity contribution >= 4 is 71.6 Å². The third-order valence-electron chi connectivity index (χ3n) is 20.7. The van der Waals surface area contributed by atoms with Gasteiger partial charge in [-0.1, -0.05) is 34.6 Å². The second-order valence-corrected chi connectivity index (χ2v) is 28.5. The Labute approximate surface area is 524 Å². The van der Waals surface area contributed by atoms with E-state index in [0.29, 0.717) is 56.1 Å². The zero-order valence-electron chi connectivity index (χ0n) is 53.3. The lowest BCUT2D eigenvalue weighted by Crippen LogP contribution is -2.56. The van der Waals surface area contributed by atoms with Crippen LogP contribution in [0.4, 0.5) is 0 Å². The zero-order valence-corrected chi connectivity index (χ0v) is 54.2. The highest BCUT2D eigenvalue weighted by Crippen LogP contribution is 2.63. The first kappa shape index (κ1) is 68.9. The van der Waals surface area contributed by atoms with Crippen molar-refractivity contribution in [2.24, 2.45) is 89.7 Å². The Bertz CT molecular complexity index is 3530. The number of aryl methyl sites for hydroxylation is 2. The molecule has 0 radical (unpaired) electrons. The molecule has 2 aromatic rings. The van der Waals surface area contributed by atoms with E-state index in [1.54, 1.807) is 4.57 Å². The number of imidazole rings is 1. The maximum atomic E-state index is 14.4. The summed E-state index contributed by atoms with van der Waals surface area (Å²) in [6, 6.07) is 2.71. The molecule has 8 rings (SSSR count). The Balaban J connectivity index is 1.19. The minimum Gasteiger partial charge on any atom is -0.394 e. The van der Waals surface area contributed by atoms with Crippen molar-refractivity contribution in [3.05, 3.63) is 75.4 Å². The minimum atomic E-state index is -5.06. The van der Waals surface area contributed by atoms with Crippen LogP contribution in [0.3, 0.4) is 0 Å². The van der Waals surface area contributed by atoms with E-state index >= 15 is 0 Å². The predicted octanol–water partition coefficient (Wildman–Crippen LogP) is 3.49. The number of aliphatic hydroxyl groups excluding tert-OH is 2. The molecule has 6 heterocycles. The van der Waals surface area contributed by atoms with Crippen molar-refractivity contribution in [2.45, 2.75) is 189 Å². The number of aliphatic imine (C=N–C) groups is 2. The number of carbonyl (C=O) groups is 7. The van der Waals surface area contributed by atoms with Crippen LogP contribution in [0.1, 0.15) is 150 Å². The fraction of sp³-hybridized carbons (Fsp3) is 0.619. The SMILES string of the molecule is CC1=C2N/C(=C\C3=[C+]C(=C(/C)C4=NC(C(CC(N)=O)C4(C)CCC(=O)NCC(C)OP(=O)(O)OC4C(CO)OC(n5cnc6cc(C)c(C)cc65)C4O)C4(C)N=C1C(CCC(N)=O)C4(C)CC(N)=O)/C(CCC(N)=O)C3(C)C)C(CCC(N)=O)C2(C)CC(N)=O. The number of nitrogens with two attached hydrogens (primary N) is 6. The van der Waals surface area contributed by atoms with Crippen LogP contribution < -0.4 is 45.0 Å². The van der Waals surface area contributed by atoms with Gasteiger partial charge in [-0.2, -0.15) is 0 Å². The predicted molar refractivity (Wildman–Crippen MR) is 333 cm³/mol. The van der Waals surface area contributed by atoms with Crippen molar-refractivity contribution in [1.29, 1.82) is 0 Å². The summed E-state index contributed by atoms with van der Waals surface area (Å²) in [5.41, 5.74) is 37.9. The van der Waals surface area contributed by atoms with E-state index in [-0.39, 0.29) is 77.2 Å². The second-order valence-electron chi connectivity index (χ2n) is 27.2. The van der Waals surface area contributed by atoms with Crippen molar-refractivity contribution in [3.63, 3.8) is 0 Å². The molecule has 1 aromatic heterocycles. The van der Waals surface area contributed by atoms with E-state index in [1.165, 1.54) is 13.3 Å². The Morgan fingerprint density at radius 3 is 2.00 bits per heavy atom. The minimum absolute atomic E-state index is 0.00249. The molecular weight excluding hydrogens is 1180 g/mol. The topological polar surface area (TPSA) is 448 Å². The summed E-state index contributed by atoms with van der Waals surface area (Å²) < 4.78 is 32.3. The first-order chi connectivity index (χ1) is 41.8. The molecule has 0 saturated carbocycles. The number of rotatable bonds is 26. The molecule has 15 atom stereocenters. The molecule has 27 heteroatoms. The van der Waals surface area contributed by atoms with E-state index in [4.69, 9.17) is 58.2 Å². The van der Waals surface area contributed by atoms with E-state index in [1.807, 2.05) is 87.4 Å². The van der Waals surface area contributed by atoms with Crippen LogP contribution in [0, 0.1) is 65.3 Å². The maximum Gasteiger partial charge on any atom is 0.472 e. The Kier molecular flexibility index (Phi) is 19.6. The van der Waals surface area contributed by atoms with Gasteiger partial charge in [0.1, 0.15) is 29.5 Å². The molecule has 1 aromatic carbocycles. The van der Waals surface area contributed by atoms with E-state index < -0.39 is 143 Å². The fourth-order valence-electron chi connectivity index (χ4n) is 15.5. The molecule has 17 N–H and O–H groups in total. The number of nitrogens with one attached hydrogen (secondary N) is 2. The van der Waals surface area contributed by atoms with Gasteiger partial charge in [-0.3, -0.25) is 52.6 Å². The number of ether oxygens (including phenoxy) is 1. The van der Waals surface area contributed by atoms with Gasteiger partial charge in [0.15, 0.2) is 6.23 Å². The highest BCUT2D eigenvalue weighted by atomic mass is 31.2. The zero-order chi connectivity index (χ0) is 66.7. The smallest absolute Gasteiger partial charge is 0.394 e. The van der Waals surface area contributed by atoms with Crippen LogP contribution >= 0.6 is 7.82 Å². The number of allylic oxidation sites excluding steroid dienone is 8. The van der Waals surface area contributed by atoms with E-state index in [0.717, 1.165) is 11.1 Å². The number of aliphatic hydroxyl groups is 2. The van der Waals surface area contributed by atoms with Crippen LogP contribution in [0.25, 0.3) is 11.0 Å². The number of phosphoric acid groups is 1. The summed E-state index contributed by atoms with van der Waals surface area (Å²) in [7, 11) is -5.06. The lowest BCUT2D eigenvalue weighted by molar-refractivity contribution is -0.124. The summed E-state index contributed by atoms with van der Waals surface area (Å²) in [5.74, 6) is -7.03. The van der Waals surface area contributed by atoms with Crippen molar-refractivity contribution in [3.8, 4) is 0 Å². The quantitative estimate of drug-likeness (QED) is 0.0474. The third kappa shape index (κ3) is 13.0. The number of carbonyl (C=O) groups excluding carboxylic acids is 7. The molecule has 490 valence electrons. The first-order valence-electron chi connectivity index (χ1n) is 30.6. The van der Waals surface area contributed by atoms with Gasteiger partial charge in [-0.15, -0.1) is 0 Å². The molecule has 26 nitrogen and oxygen atoms in total. The van der Waals surface area contributed by atoms with Gasteiger partial charge >= 0.3 is 7.82 Å². The molecular formula is C63H90N12O14P+. The average molecular weight is 1270 g/mol. The van der Waals surface area contributed by atoms with Crippen LogP contribution in [-0.4, -0.2) is 127 Å². The monoisotopic (exact) mass is 1270 g/mol. The molecule has 1 aliphatic carbocycles. The summed E-state index contributed by atoms with van der Waals surface area (Å²) in [5, 5.41) is 28.2. The largest absolute Gasteiger partial charge is 0.472 e. The molecule has 2 fully saturated rings. The number of amides is 7. The first-order valence-corrected chi connectivity index (χ1v) is 32.1. The highest BCUT2D eigenvalue weighted by molar-refractivity contribution is 7.47. The van der Waals surface area contributed by atoms with Crippen LogP contribution in [0.15, 0.2) is 68.2 Å². The summed E-state index contributed by atoms with van der Waals surface area (Å²) in [4.78, 5) is 120. The number of hydrogen-bond donors (Lipinski definition) is 11. The lowest BCUT2D eigenvalue weighted by atomic mass is 9.55. The number of nitrogens with zero attached hydrogens (tertiary/aromatic N) is 4. The normalized spacial score (nSPS) is 33.3. The Morgan fingerprint density at radius 1 is 0.811 bits per heavy atom. The summed E-state index contributed by atoms with van der Waals surface area (Å²) >= 11 is 0. The molecule has 90 heavy (non-hydrogen) atoms. The van der Waals surface area contributed by atoms with Gasteiger partial charge in [0.05, 0.1) is 64.7 Å². The van der Waals surface area contributed by atoms with Gasteiger partial charge in [0.25, 0.3) is 0 Å². The van der Waals surface area contributed by atoms with Crippen molar-refractivity contribution < 1.29 is 67.0 Å². The average Bonchev–Trinajstić information content (AvgIpc) is 1.53. The van der Waals surface area contributed by atoms with Crippen molar-refractivity contribution in [2.75, 3.05) is 13.2 Å². The lowest BCUT2D eigenvalue weighted by Gasteiger charge is -2.48. The van der Waals surface area contributed by atoms with Gasteiger partial charge < -0.3 is 69.4 Å². The summed E-state index contributed by atoms with van der Waals surface area (Å²) in [6.07, 6.45) is -0.333. The summed E-state index contributed by atoms with van der Waals surface area (Å²) in [6.45, 7) is 19.4. The van der Waals surface area contributed by atoms with Crippen LogP contribution in [-0.2, 0) is 51.9 Å². The van der Waals surface area contributed by atoms with Crippen molar-refractivity contribution in [1.82, 2.24) is 20.2 Å². The Morgan fingerprint density at radius 2 is 1.41 bits per heavy atom. The molecule has 0 spiro atoms. The number of benzene rings is 1. The number of phosphoric ester groups is 1. The molecule has 2 saturated heterocycles. The fourth-order valence-corrected chi connectivity index (χ4v) is 16.7.